The molecule has 5 rings (SSSR count). The number of allylic oxidation sites excluding steroid dienone is 2. The molecule has 6 heteroatoms. The van der Waals surface area contributed by atoms with E-state index in [9.17, 15) is 9.59 Å². The summed E-state index contributed by atoms with van der Waals surface area (Å²) < 4.78 is 0. The summed E-state index contributed by atoms with van der Waals surface area (Å²) in [5.74, 6) is 2.99. The first-order chi connectivity index (χ1) is 16.0. The standard InChI is InChI=1S/C28H38ClN3O2/c1-16-12-17(2)30-23(13-16)31-24(33)14-18-6-7-20-19-15-22(29)26-28(4,11-9-25(34)32(26)5)21(19)8-10-27(18,20)3/h12-13,18-21H,6-11,14-15H2,1-5H3,(H,30,31,33)/t18-,19+,20+,21+,27-,28-/m1/s1. The van der Waals surface area contributed by atoms with Crippen molar-refractivity contribution in [3.05, 3.63) is 34.1 Å². The van der Waals surface area contributed by atoms with Crippen LogP contribution in [0, 0.1) is 48.3 Å². The molecule has 6 atom stereocenters. The number of nitrogens with zero attached hydrogens (tertiary/aromatic N) is 2. The van der Waals surface area contributed by atoms with Crippen LogP contribution in [0.4, 0.5) is 5.82 Å². The summed E-state index contributed by atoms with van der Waals surface area (Å²) in [7, 11) is 1.90. The summed E-state index contributed by atoms with van der Waals surface area (Å²) in [5, 5.41) is 3.96. The van der Waals surface area contributed by atoms with E-state index in [0.29, 0.717) is 42.3 Å². The van der Waals surface area contributed by atoms with E-state index in [0.717, 1.165) is 54.1 Å². The lowest BCUT2D eigenvalue weighted by atomic mass is 9.49. The molecule has 1 aliphatic heterocycles. The number of carbonyl (C=O) groups is 2. The van der Waals surface area contributed by atoms with Crippen LogP contribution in [0.5, 0.6) is 0 Å². The zero-order valence-corrected chi connectivity index (χ0v) is 22.0. The number of rotatable bonds is 3. The lowest BCUT2D eigenvalue weighted by molar-refractivity contribution is -0.136. The number of amides is 2. The number of aromatic nitrogens is 1. The molecule has 0 bridgehead atoms. The summed E-state index contributed by atoms with van der Waals surface area (Å²) >= 11 is 6.95. The van der Waals surface area contributed by atoms with E-state index < -0.39 is 0 Å². The van der Waals surface area contributed by atoms with E-state index in [1.807, 2.05) is 37.9 Å². The molecule has 0 spiro atoms. The number of piperidine rings is 1. The topological polar surface area (TPSA) is 62.3 Å². The van der Waals surface area contributed by atoms with E-state index in [2.05, 4.69) is 24.1 Å². The maximum Gasteiger partial charge on any atom is 0.226 e. The first-order valence-electron chi connectivity index (χ1n) is 12.9. The number of pyridine rings is 1. The molecular weight excluding hydrogens is 446 g/mol. The van der Waals surface area contributed by atoms with Gasteiger partial charge in [0, 0.05) is 41.7 Å². The number of likely N-dealkylation sites (tertiary alicyclic amines) is 1. The van der Waals surface area contributed by atoms with Crippen molar-refractivity contribution in [2.24, 2.45) is 34.5 Å². The highest BCUT2D eigenvalue weighted by molar-refractivity contribution is 6.30. The van der Waals surface area contributed by atoms with Crippen molar-refractivity contribution in [2.75, 3.05) is 12.4 Å². The smallest absolute Gasteiger partial charge is 0.226 e. The molecule has 1 aromatic heterocycles. The monoisotopic (exact) mass is 483 g/mol. The van der Waals surface area contributed by atoms with Gasteiger partial charge in [-0.25, -0.2) is 4.98 Å². The van der Waals surface area contributed by atoms with Gasteiger partial charge in [-0.1, -0.05) is 25.4 Å². The van der Waals surface area contributed by atoms with Gasteiger partial charge < -0.3 is 10.2 Å². The second-order valence-corrected chi connectivity index (χ2v) is 12.4. The Bertz CT molecular complexity index is 1050. The molecule has 184 valence electrons. The van der Waals surface area contributed by atoms with Crippen molar-refractivity contribution >= 4 is 29.2 Å². The lowest BCUT2D eigenvalue weighted by Crippen LogP contribution is -2.54. The molecule has 1 saturated heterocycles. The second kappa shape index (κ2) is 8.36. The first-order valence-corrected chi connectivity index (χ1v) is 13.3. The molecule has 2 heterocycles. The van der Waals surface area contributed by atoms with Crippen LogP contribution in [0.3, 0.4) is 0 Å². The summed E-state index contributed by atoms with van der Waals surface area (Å²) in [4.78, 5) is 31.8. The molecular formula is C28H38ClN3O2. The maximum atomic E-state index is 13.0. The van der Waals surface area contributed by atoms with Gasteiger partial charge in [0.05, 0.1) is 0 Å². The van der Waals surface area contributed by atoms with Gasteiger partial charge in [-0.05, 0) is 99.2 Å². The minimum Gasteiger partial charge on any atom is -0.318 e. The third-order valence-corrected chi connectivity index (χ3v) is 10.4. The number of nitrogens with one attached hydrogen (secondary N) is 1. The number of carbonyl (C=O) groups excluding carboxylic acids is 2. The van der Waals surface area contributed by atoms with Gasteiger partial charge in [0.1, 0.15) is 5.82 Å². The number of hydrogen-bond donors (Lipinski definition) is 1. The number of fused-ring (bicyclic) bond motifs is 5. The van der Waals surface area contributed by atoms with Crippen molar-refractivity contribution < 1.29 is 9.59 Å². The molecule has 4 aliphatic rings. The van der Waals surface area contributed by atoms with Crippen LogP contribution >= 0.6 is 11.6 Å². The number of halogens is 1. The van der Waals surface area contributed by atoms with Gasteiger partial charge in [0.2, 0.25) is 11.8 Å². The van der Waals surface area contributed by atoms with E-state index in [4.69, 9.17) is 11.6 Å². The van der Waals surface area contributed by atoms with Crippen molar-refractivity contribution in [1.82, 2.24) is 9.88 Å². The Morgan fingerprint density at radius 3 is 2.68 bits per heavy atom. The summed E-state index contributed by atoms with van der Waals surface area (Å²) in [6.07, 6.45) is 7.52. The molecule has 2 amide bonds. The third-order valence-electron chi connectivity index (χ3n) is 10.0. The van der Waals surface area contributed by atoms with Crippen molar-refractivity contribution in [3.63, 3.8) is 0 Å². The Morgan fingerprint density at radius 2 is 1.94 bits per heavy atom. The van der Waals surface area contributed by atoms with Crippen LogP contribution in [0.15, 0.2) is 22.9 Å². The fourth-order valence-corrected chi connectivity index (χ4v) is 8.97. The van der Waals surface area contributed by atoms with Crippen LogP contribution < -0.4 is 5.32 Å². The number of hydrogen-bond acceptors (Lipinski definition) is 3. The Labute approximate surface area is 208 Å². The summed E-state index contributed by atoms with van der Waals surface area (Å²) in [6, 6.07) is 3.96. The SMILES string of the molecule is Cc1cc(C)nc(NC(=O)C[C@H]2CC[C@H]3[C@@H]4CC(Cl)=C5N(C)C(=O)CC[C@]5(C)[C@H]4CC[C@]23C)c1. The minimum atomic E-state index is -0.0197. The molecule has 0 unspecified atom stereocenters. The van der Waals surface area contributed by atoms with Crippen LogP contribution in [0.1, 0.15) is 76.5 Å². The van der Waals surface area contributed by atoms with Crippen LogP contribution in [-0.2, 0) is 9.59 Å². The Balaban J connectivity index is 1.35. The van der Waals surface area contributed by atoms with Gasteiger partial charge in [0.15, 0.2) is 0 Å². The highest BCUT2D eigenvalue weighted by Gasteiger charge is 2.60. The predicted octanol–water partition coefficient (Wildman–Crippen LogP) is 6.20. The quantitative estimate of drug-likeness (QED) is 0.556. The molecule has 3 fully saturated rings. The maximum absolute atomic E-state index is 13.0. The molecule has 0 radical (unpaired) electrons. The van der Waals surface area contributed by atoms with E-state index in [1.165, 1.54) is 6.42 Å². The Morgan fingerprint density at radius 1 is 1.18 bits per heavy atom. The Hall–Kier alpha value is -1.88. The van der Waals surface area contributed by atoms with Crippen LogP contribution in [-0.4, -0.2) is 28.7 Å². The average molecular weight is 484 g/mol. The first kappa shape index (κ1) is 23.8. The zero-order chi connectivity index (χ0) is 24.4. The molecule has 1 aromatic rings. The zero-order valence-electron chi connectivity index (χ0n) is 21.2. The molecule has 3 aliphatic carbocycles. The van der Waals surface area contributed by atoms with E-state index in [1.54, 1.807) is 0 Å². The number of aryl methyl sites for hydroxylation is 2. The van der Waals surface area contributed by atoms with Crippen LogP contribution in [0.2, 0.25) is 0 Å². The number of anilines is 1. The minimum absolute atomic E-state index is 0.0197. The molecule has 34 heavy (non-hydrogen) atoms. The fourth-order valence-electron chi connectivity index (χ4n) is 8.45. The van der Waals surface area contributed by atoms with Crippen molar-refractivity contribution in [3.8, 4) is 0 Å². The van der Waals surface area contributed by atoms with Gasteiger partial charge in [0.25, 0.3) is 0 Å². The summed E-state index contributed by atoms with van der Waals surface area (Å²) in [6.45, 7) is 8.77. The second-order valence-electron chi connectivity index (χ2n) is 11.9. The van der Waals surface area contributed by atoms with E-state index >= 15 is 0 Å². The molecule has 1 N–H and O–H groups in total. The van der Waals surface area contributed by atoms with Crippen molar-refractivity contribution in [1.29, 1.82) is 0 Å². The highest BCUT2D eigenvalue weighted by Crippen LogP contribution is 2.67. The molecule has 2 saturated carbocycles. The fraction of sp³-hybridized carbons (Fsp3) is 0.679. The predicted molar refractivity (Wildman–Crippen MR) is 135 cm³/mol. The molecule has 0 aromatic carbocycles. The van der Waals surface area contributed by atoms with Crippen molar-refractivity contribution in [2.45, 2.75) is 79.1 Å². The van der Waals surface area contributed by atoms with Gasteiger partial charge in [-0.2, -0.15) is 0 Å². The van der Waals surface area contributed by atoms with E-state index in [-0.39, 0.29) is 22.6 Å². The third kappa shape index (κ3) is 3.70. The van der Waals surface area contributed by atoms with Gasteiger partial charge in [-0.3, -0.25) is 9.59 Å². The lowest BCUT2D eigenvalue weighted by Gasteiger charge is -2.59. The van der Waals surface area contributed by atoms with Gasteiger partial charge in [-0.15, -0.1) is 0 Å². The normalized spacial score (nSPS) is 37.2. The largest absolute Gasteiger partial charge is 0.318 e. The highest BCUT2D eigenvalue weighted by atomic mass is 35.5. The van der Waals surface area contributed by atoms with Crippen LogP contribution in [0.25, 0.3) is 0 Å². The Kier molecular flexibility index (Phi) is 5.86. The van der Waals surface area contributed by atoms with Gasteiger partial charge >= 0.3 is 0 Å². The molecule has 5 nitrogen and oxygen atoms in total. The average Bonchev–Trinajstić information content (AvgIpc) is 3.06. The summed E-state index contributed by atoms with van der Waals surface area (Å²) in [5.41, 5.74) is 3.26.